The number of amides is 1. The number of benzene rings is 1. The summed E-state index contributed by atoms with van der Waals surface area (Å²) < 4.78 is 5.09. The van der Waals surface area contributed by atoms with Crippen molar-refractivity contribution in [2.45, 2.75) is 26.9 Å². The van der Waals surface area contributed by atoms with Gasteiger partial charge in [0.15, 0.2) is 5.84 Å². The lowest BCUT2D eigenvalue weighted by atomic mass is 9.85. The number of hydrogen-bond acceptors (Lipinski definition) is 4. The van der Waals surface area contributed by atoms with Gasteiger partial charge in [0, 0.05) is 18.4 Å². The molecule has 0 saturated heterocycles. The molecular formula is C14H21N3O3. The van der Waals surface area contributed by atoms with Crippen LogP contribution in [0.3, 0.4) is 0 Å². The number of nitrogens with two attached hydrogens (primary N) is 1. The molecule has 0 aliphatic carbocycles. The van der Waals surface area contributed by atoms with E-state index in [2.05, 4.69) is 10.5 Å². The summed E-state index contributed by atoms with van der Waals surface area (Å²) in [5.74, 6) is -0.430. The van der Waals surface area contributed by atoms with Gasteiger partial charge in [0.2, 0.25) is 5.91 Å². The Bertz CT molecular complexity index is 502. The summed E-state index contributed by atoms with van der Waals surface area (Å²) in [5.41, 5.74) is 6.09. The maximum atomic E-state index is 12.4. The highest BCUT2D eigenvalue weighted by atomic mass is 16.5. The number of oxime groups is 1. The van der Waals surface area contributed by atoms with Crippen LogP contribution in [0.5, 0.6) is 0 Å². The number of anilines is 1. The van der Waals surface area contributed by atoms with E-state index >= 15 is 0 Å². The molecule has 1 atom stereocenters. The van der Waals surface area contributed by atoms with Crippen LogP contribution in [0.1, 0.15) is 25.8 Å². The molecule has 1 aromatic carbocycles. The quantitative estimate of drug-likeness (QED) is 0.321. The molecule has 6 nitrogen and oxygen atoms in total. The number of methoxy groups -OCH3 is 1. The summed E-state index contributed by atoms with van der Waals surface area (Å²) in [6, 6.07) is 7.34. The Labute approximate surface area is 118 Å². The van der Waals surface area contributed by atoms with Gasteiger partial charge in [-0.3, -0.25) is 4.79 Å². The van der Waals surface area contributed by atoms with E-state index in [4.69, 9.17) is 15.7 Å². The molecule has 1 aromatic rings. The van der Waals surface area contributed by atoms with Crippen molar-refractivity contribution < 1.29 is 14.7 Å². The molecule has 4 N–H and O–H groups in total. The minimum absolute atomic E-state index is 0.110. The number of rotatable bonds is 6. The molecule has 0 fully saturated rings. The number of carbonyl (C=O) groups is 1. The van der Waals surface area contributed by atoms with Crippen LogP contribution >= 0.6 is 0 Å². The van der Waals surface area contributed by atoms with Crippen molar-refractivity contribution in [2.75, 3.05) is 12.4 Å². The molecule has 0 aliphatic rings. The lowest BCUT2D eigenvalue weighted by Gasteiger charge is -2.25. The largest absolute Gasteiger partial charge is 0.409 e. The average Bonchev–Trinajstić information content (AvgIpc) is 2.47. The van der Waals surface area contributed by atoms with Crippen molar-refractivity contribution in [3.63, 3.8) is 0 Å². The molecule has 0 spiro atoms. The normalized spacial score (nSPS) is 14.7. The number of nitrogens with one attached hydrogen (secondary N) is 1. The van der Waals surface area contributed by atoms with Gasteiger partial charge in [-0.2, -0.15) is 0 Å². The second kappa shape index (κ2) is 6.91. The van der Waals surface area contributed by atoms with Crippen LogP contribution in [-0.4, -0.2) is 24.1 Å². The Morgan fingerprint density at radius 2 is 2.15 bits per heavy atom. The second-order valence-electron chi connectivity index (χ2n) is 4.72. The highest BCUT2D eigenvalue weighted by Crippen LogP contribution is 2.25. The summed E-state index contributed by atoms with van der Waals surface area (Å²) in [7, 11) is 1.59. The first-order valence-electron chi connectivity index (χ1n) is 6.35. The summed E-state index contributed by atoms with van der Waals surface area (Å²) in [5, 5.41) is 14.6. The first-order valence-corrected chi connectivity index (χ1v) is 6.35. The Morgan fingerprint density at radius 1 is 1.50 bits per heavy atom. The third-order valence-electron chi connectivity index (χ3n) is 3.45. The van der Waals surface area contributed by atoms with E-state index < -0.39 is 5.41 Å². The van der Waals surface area contributed by atoms with Gasteiger partial charge in [-0.1, -0.05) is 30.3 Å². The van der Waals surface area contributed by atoms with Gasteiger partial charge in [0.25, 0.3) is 0 Å². The van der Waals surface area contributed by atoms with Gasteiger partial charge in [0.1, 0.15) is 5.41 Å². The predicted octanol–water partition coefficient (Wildman–Crippen LogP) is 1.93. The van der Waals surface area contributed by atoms with E-state index in [0.717, 1.165) is 5.56 Å². The van der Waals surface area contributed by atoms with Crippen molar-refractivity contribution >= 4 is 17.4 Å². The van der Waals surface area contributed by atoms with Gasteiger partial charge >= 0.3 is 0 Å². The molecular weight excluding hydrogens is 258 g/mol. The van der Waals surface area contributed by atoms with Crippen molar-refractivity contribution in [3.05, 3.63) is 29.8 Å². The summed E-state index contributed by atoms with van der Waals surface area (Å²) >= 11 is 0. The molecule has 0 bridgehead atoms. The lowest BCUT2D eigenvalue weighted by molar-refractivity contribution is -0.121. The number of amidine groups is 1. The fourth-order valence-electron chi connectivity index (χ4n) is 1.75. The molecule has 1 amide bonds. The third kappa shape index (κ3) is 3.27. The van der Waals surface area contributed by atoms with E-state index in [-0.39, 0.29) is 11.7 Å². The van der Waals surface area contributed by atoms with Crippen LogP contribution in [0.15, 0.2) is 29.4 Å². The van der Waals surface area contributed by atoms with Crippen molar-refractivity contribution in [1.82, 2.24) is 0 Å². The molecule has 1 rings (SSSR count). The SMILES string of the molecule is CCC(C)(C(=O)Nc1ccccc1COC)/C(N)=N/O. The molecule has 20 heavy (non-hydrogen) atoms. The van der Waals surface area contributed by atoms with Crippen LogP contribution in [0.4, 0.5) is 5.69 Å². The van der Waals surface area contributed by atoms with Gasteiger partial charge in [-0.25, -0.2) is 0 Å². The van der Waals surface area contributed by atoms with E-state index in [9.17, 15) is 4.79 Å². The van der Waals surface area contributed by atoms with Crippen LogP contribution in [0.25, 0.3) is 0 Å². The molecule has 1 unspecified atom stereocenters. The zero-order valence-corrected chi connectivity index (χ0v) is 12.0. The monoisotopic (exact) mass is 279 g/mol. The molecule has 0 heterocycles. The standard InChI is InChI=1S/C14H21N3O3/c1-4-14(2,12(15)17-19)13(18)16-11-8-6-5-7-10(11)9-20-3/h5-8,19H,4,9H2,1-3H3,(H2,15,17)(H,16,18). The Balaban J connectivity index is 3.01. The fourth-order valence-corrected chi connectivity index (χ4v) is 1.75. The van der Waals surface area contributed by atoms with Crippen molar-refractivity contribution in [1.29, 1.82) is 0 Å². The van der Waals surface area contributed by atoms with E-state index in [1.54, 1.807) is 27.0 Å². The highest BCUT2D eigenvalue weighted by molar-refractivity contribution is 6.11. The summed E-state index contributed by atoms with van der Waals surface area (Å²) in [6.45, 7) is 3.83. The Kier molecular flexibility index (Phi) is 5.52. The molecule has 0 aromatic heterocycles. The van der Waals surface area contributed by atoms with E-state index in [1.165, 1.54) is 0 Å². The second-order valence-corrected chi connectivity index (χ2v) is 4.72. The summed E-state index contributed by atoms with van der Waals surface area (Å²) in [4.78, 5) is 12.4. The van der Waals surface area contributed by atoms with Crippen LogP contribution in [-0.2, 0) is 16.1 Å². The Morgan fingerprint density at radius 3 is 2.70 bits per heavy atom. The highest BCUT2D eigenvalue weighted by Gasteiger charge is 2.36. The average molecular weight is 279 g/mol. The third-order valence-corrected chi connectivity index (χ3v) is 3.45. The molecule has 0 saturated carbocycles. The minimum Gasteiger partial charge on any atom is -0.409 e. The lowest BCUT2D eigenvalue weighted by Crippen LogP contribution is -2.44. The van der Waals surface area contributed by atoms with Gasteiger partial charge in [0.05, 0.1) is 6.61 Å². The van der Waals surface area contributed by atoms with Gasteiger partial charge < -0.3 is 21.0 Å². The maximum absolute atomic E-state index is 12.4. The number of hydrogen-bond donors (Lipinski definition) is 3. The van der Waals surface area contributed by atoms with Crippen molar-refractivity contribution in [2.24, 2.45) is 16.3 Å². The predicted molar refractivity (Wildman–Crippen MR) is 77.6 cm³/mol. The number of ether oxygens (including phenoxy) is 1. The van der Waals surface area contributed by atoms with Crippen LogP contribution < -0.4 is 11.1 Å². The Hall–Kier alpha value is -2.08. The number of para-hydroxylation sites is 1. The molecule has 0 radical (unpaired) electrons. The molecule has 6 heteroatoms. The zero-order valence-electron chi connectivity index (χ0n) is 12.0. The zero-order chi connectivity index (χ0) is 15.2. The first-order chi connectivity index (χ1) is 9.49. The minimum atomic E-state index is -1.06. The first kappa shape index (κ1) is 16.0. The van der Waals surface area contributed by atoms with Crippen molar-refractivity contribution in [3.8, 4) is 0 Å². The molecule has 110 valence electrons. The fraction of sp³-hybridized carbons (Fsp3) is 0.429. The van der Waals surface area contributed by atoms with Crippen LogP contribution in [0, 0.1) is 5.41 Å². The van der Waals surface area contributed by atoms with Gasteiger partial charge in [-0.15, -0.1) is 0 Å². The maximum Gasteiger partial charge on any atom is 0.238 e. The van der Waals surface area contributed by atoms with E-state index in [1.807, 2.05) is 18.2 Å². The van der Waals surface area contributed by atoms with Crippen LogP contribution in [0.2, 0.25) is 0 Å². The smallest absolute Gasteiger partial charge is 0.238 e. The van der Waals surface area contributed by atoms with E-state index in [0.29, 0.717) is 18.7 Å². The summed E-state index contributed by atoms with van der Waals surface area (Å²) in [6.07, 6.45) is 0.418. The van der Waals surface area contributed by atoms with Gasteiger partial charge in [-0.05, 0) is 19.4 Å². The number of carbonyl (C=O) groups excluding carboxylic acids is 1. The number of nitrogens with zero attached hydrogens (tertiary/aromatic N) is 1. The molecule has 0 aliphatic heterocycles. The topological polar surface area (TPSA) is 96.9 Å².